The molecule has 1 aromatic rings. The molecule has 0 fully saturated rings. The van der Waals surface area contributed by atoms with Gasteiger partial charge in [-0.2, -0.15) is 13.2 Å². The van der Waals surface area contributed by atoms with Crippen molar-refractivity contribution in [3.8, 4) is 5.75 Å². The molecule has 2 rings (SSSR count). The molecule has 1 aliphatic rings. The van der Waals surface area contributed by atoms with Gasteiger partial charge >= 0.3 is 6.18 Å². The summed E-state index contributed by atoms with van der Waals surface area (Å²) < 4.78 is 43.1. The van der Waals surface area contributed by atoms with E-state index in [-0.39, 0.29) is 6.10 Å². The topological polar surface area (TPSA) is 9.23 Å². The lowest BCUT2D eigenvalue weighted by molar-refractivity contribution is -0.137. The second kappa shape index (κ2) is 4.88. The van der Waals surface area contributed by atoms with Gasteiger partial charge in [0.1, 0.15) is 11.9 Å². The van der Waals surface area contributed by atoms with E-state index in [0.717, 1.165) is 18.6 Å². The highest BCUT2D eigenvalue weighted by atomic mass is 19.4. The molecule has 1 aromatic carbocycles. The van der Waals surface area contributed by atoms with E-state index in [9.17, 15) is 13.2 Å². The Hall–Kier alpha value is -1.71. The van der Waals surface area contributed by atoms with Crippen molar-refractivity contribution in [2.45, 2.75) is 25.6 Å². The van der Waals surface area contributed by atoms with E-state index >= 15 is 0 Å². The number of hydrogen-bond acceptors (Lipinski definition) is 1. The normalized spacial score (nSPS) is 19.0. The predicted molar refractivity (Wildman–Crippen MR) is 63.5 cm³/mol. The Morgan fingerprint density at radius 3 is 2.56 bits per heavy atom. The molecule has 0 N–H and O–H groups in total. The lowest BCUT2D eigenvalue weighted by atomic mass is 10.1. The third-order valence-corrected chi connectivity index (χ3v) is 2.72. The second-order valence-corrected chi connectivity index (χ2v) is 4.18. The fourth-order valence-electron chi connectivity index (χ4n) is 1.77. The summed E-state index contributed by atoms with van der Waals surface area (Å²) in [6.45, 7) is 1.62. The molecule has 0 saturated carbocycles. The minimum atomic E-state index is -4.31. The van der Waals surface area contributed by atoms with Crippen LogP contribution in [0.15, 0.2) is 42.5 Å². The van der Waals surface area contributed by atoms with Gasteiger partial charge in [-0.1, -0.05) is 18.2 Å². The molecule has 0 bridgehead atoms. The Morgan fingerprint density at radius 2 is 2.00 bits per heavy atom. The number of ether oxygens (including phenoxy) is 1. The Labute approximate surface area is 104 Å². The van der Waals surface area contributed by atoms with Crippen molar-refractivity contribution in [3.05, 3.63) is 53.6 Å². The Kier molecular flexibility index (Phi) is 3.45. The van der Waals surface area contributed by atoms with Gasteiger partial charge < -0.3 is 4.74 Å². The summed E-state index contributed by atoms with van der Waals surface area (Å²) in [6.07, 6.45) is 3.95. The molecule has 0 aromatic heterocycles. The van der Waals surface area contributed by atoms with Crippen LogP contribution in [0.3, 0.4) is 0 Å². The number of halogens is 3. The van der Waals surface area contributed by atoms with E-state index in [0.29, 0.717) is 11.3 Å². The van der Waals surface area contributed by atoms with Gasteiger partial charge in [0.15, 0.2) is 0 Å². The SMILES string of the molecule is Cc1cc(C(F)(F)F)ccc1O[C@H]1C=CC=CC1. The van der Waals surface area contributed by atoms with Gasteiger partial charge in [-0.15, -0.1) is 0 Å². The zero-order valence-electron chi connectivity index (χ0n) is 9.87. The molecule has 0 aliphatic heterocycles. The number of benzene rings is 1. The quantitative estimate of drug-likeness (QED) is 0.765. The third-order valence-electron chi connectivity index (χ3n) is 2.72. The van der Waals surface area contributed by atoms with Crippen molar-refractivity contribution in [2.75, 3.05) is 0 Å². The number of hydrogen-bond donors (Lipinski definition) is 0. The Balaban J connectivity index is 2.15. The lowest BCUT2D eigenvalue weighted by Gasteiger charge is -2.18. The molecular formula is C14H13F3O. The standard InChI is InChI=1S/C14H13F3O/c1-10-9-11(14(15,16)17)7-8-13(10)18-12-5-3-2-4-6-12/h2-5,7-9,12H,6H2,1H3/t12-/m0/s1. The zero-order chi connectivity index (χ0) is 13.2. The summed E-state index contributed by atoms with van der Waals surface area (Å²) in [5.74, 6) is 0.493. The molecule has 1 atom stereocenters. The van der Waals surface area contributed by atoms with Gasteiger partial charge in [-0.05, 0) is 36.8 Å². The van der Waals surface area contributed by atoms with Crippen LogP contribution in [0, 0.1) is 6.92 Å². The molecule has 0 spiro atoms. The molecule has 0 amide bonds. The zero-order valence-corrected chi connectivity index (χ0v) is 9.87. The Morgan fingerprint density at radius 1 is 1.22 bits per heavy atom. The van der Waals surface area contributed by atoms with E-state index in [1.807, 2.05) is 24.3 Å². The Bertz CT molecular complexity index is 486. The number of alkyl halides is 3. The second-order valence-electron chi connectivity index (χ2n) is 4.18. The minimum Gasteiger partial charge on any atom is -0.486 e. The highest BCUT2D eigenvalue weighted by Gasteiger charge is 2.30. The lowest BCUT2D eigenvalue weighted by Crippen LogP contribution is -2.15. The monoisotopic (exact) mass is 254 g/mol. The maximum atomic E-state index is 12.5. The van der Waals surface area contributed by atoms with Crippen LogP contribution in [0.2, 0.25) is 0 Å². The summed E-state index contributed by atoms with van der Waals surface area (Å²) in [5.41, 5.74) is -0.154. The molecular weight excluding hydrogens is 241 g/mol. The summed E-state index contributed by atoms with van der Waals surface area (Å²) in [7, 11) is 0. The number of allylic oxidation sites excluding steroid dienone is 2. The van der Waals surface area contributed by atoms with Crippen molar-refractivity contribution in [3.63, 3.8) is 0 Å². The number of aryl methyl sites for hydroxylation is 1. The van der Waals surface area contributed by atoms with Gasteiger partial charge in [-0.25, -0.2) is 0 Å². The first-order valence-corrected chi connectivity index (χ1v) is 5.64. The predicted octanol–water partition coefficient (Wildman–Crippen LogP) is 4.28. The van der Waals surface area contributed by atoms with Crippen molar-refractivity contribution < 1.29 is 17.9 Å². The average Bonchev–Trinajstić information content (AvgIpc) is 2.32. The third kappa shape index (κ3) is 2.94. The van der Waals surface area contributed by atoms with Crippen LogP contribution in [0.25, 0.3) is 0 Å². The maximum absolute atomic E-state index is 12.5. The average molecular weight is 254 g/mol. The molecule has 1 nitrogen and oxygen atoms in total. The van der Waals surface area contributed by atoms with Crippen molar-refractivity contribution in [1.82, 2.24) is 0 Å². The van der Waals surface area contributed by atoms with Gasteiger partial charge in [0.05, 0.1) is 5.56 Å². The van der Waals surface area contributed by atoms with Crippen molar-refractivity contribution in [2.24, 2.45) is 0 Å². The summed E-state index contributed by atoms with van der Waals surface area (Å²) in [4.78, 5) is 0. The number of rotatable bonds is 2. The van der Waals surface area contributed by atoms with Crippen molar-refractivity contribution >= 4 is 0 Å². The fraction of sp³-hybridized carbons (Fsp3) is 0.286. The molecule has 0 heterocycles. The van der Waals surface area contributed by atoms with Gasteiger partial charge in [-0.3, -0.25) is 0 Å². The molecule has 0 saturated heterocycles. The summed E-state index contributed by atoms with van der Waals surface area (Å²) in [6, 6.07) is 3.53. The van der Waals surface area contributed by atoms with Crippen LogP contribution in [0.1, 0.15) is 17.5 Å². The van der Waals surface area contributed by atoms with E-state index in [1.165, 1.54) is 6.07 Å². The van der Waals surface area contributed by atoms with Crippen LogP contribution in [-0.2, 0) is 6.18 Å². The molecule has 1 aliphatic carbocycles. The first-order chi connectivity index (χ1) is 8.47. The smallest absolute Gasteiger partial charge is 0.416 e. The molecule has 0 unspecified atom stereocenters. The summed E-state index contributed by atoms with van der Waals surface area (Å²) in [5, 5.41) is 0. The van der Waals surface area contributed by atoms with E-state index < -0.39 is 11.7 Å². The maximum Gasteiger partial charge on any atom is 0.416 e. The first kappa shape index (κ1) is 12.7. The highest BCUT2D eigenvalue weighted by molar-refractivity contribution is 5.38. The first-order valence-electron chi connectivity index (χ1n) is 5.64. The van der Waals surface area contributed by atoms with E-state index in [1.54, 1.807) is 6.92 Å². The molecule has 96 valence electrons. The van der Waals surface area contributed by atoms with E-state index in [4.69, 9.17) is 4.74 Å². The van der Waals surface area contributed by atoms with Gasteiger partial charge in [0.25, 0.3) is 0 Å². The van der Waals surface area contributed by atoms with Crippen molar-refractivity contribution in [1.29, 1.82) is 0 Å². The van der Waals surface area contributed by atoms with Crippen LogP contribution < -0.4 is 4.74 Å². The largest absolute Gasteiger partial charge is 0.486 e. The van der Waals surface area contributed by atoms with Gasteiger partial charge in [0.2, 0.25) is 0 Å². The van der Waals surface area contributed by atoms with Crippen LogP contribution in [0.4, 0.5) is 13.2 Å². The van der Waals surface area contributed by atoms with E-state index in [2.05, 4.69) is 0 Å². The summed E-state index contributed by atoms with van der Waals surface area (Å²) >= 11 is 0. The minimum absolute atomic E-state index is 0.106. The molecule has 0 radical (unpaired) electrons. The van der Waals surface area contributed by atoms with Crippen LogP contribution in [0.5, 0.6) is 5.75 Å². The van der Waals surface area contributed by atoms with Gasteiger partial charge in [0, 0.05) is 6.42 Å². The molecule has 4 heteroatoms. The molecule has 18 heavy (non-hydrogen) atoms. The van der Waals surface area contributed by atoms with Crippen LogP contribution in [-0.4, -0.2) is 6.10 Å². The highest BCUT2D eigenvalue weighted by Crippen LogP contribution is 2.32. The fourth-order valence-corrected chi connectivity index (χ4v) is 1.77. The van der Waals surface area contributed by atoms with Crippen LogP contribution >= 0.6 is 0 Å².